The van der Waals surface area contributed by atoms with Gasteiger partial charge in [0.1, 0.15) is 0 Å². The van der Waals surface area contributed by atoms with Crippen LogP contribution in [-0.2, 0) is 0 Å². The molecule has 1 aromatic carbocycles. The van der Waals surface area contributed by atoms with Crippen molar-refractivity contribution in [1.82, 2.24) is 20.0 Å². The Bertz CT molecular complexity index is 628. The van der Waals surface area contributed by atoms with Crippen LogP contribution in [0.15, 0.2) is 18.2 Å². The van der Waals surface area contributed by atoms with E-state index in [4.69, 9.17) is 5.73 Å². The van der Waals surface area contributed by atoms with Crippen molar-refractivity contribution in [1.29, 1.82) is 0 Å². The first-order chi connectivity index (χ1) is 9.69. The van der Waals surface area contributed by atoms with E-state index in [1.54, 1.807) is 12.1 Å². The van der Waals surface area contributed by atoms with Crippen molar-refractivity contribution < 1.29 is 4.79 Å². The molecule has 1 aromatic heterocycles. The average Bonchev–Trinajstić information content (AvgIpc) is 2.89. The van der Waals surface area contributed by atoms with Gasteiger partial charge in [-0.1, -0.05) is 6.92 Å². The van der Waals surface area contributed by atoms with Crippen LogP contribution in [0.3, 0.4) is 0 Å². The van der Waals surface area contributed by atoms with Crippen molar-refractivity contribution in [2.45, 2.75) is 6.92 Å². The number of amides is 1. The molecular formula is C14H19N5O. The number of rotatable bonds is 2. The summed E-state index contributed by atoms with van der Waals surface area (Å²) >= 11 is 0. The molecule has 1 aliphatic rings. The summed E-state index contributed by atoms with van der Waals surface area (Å²) in [5.41, 5.74) is 7.75. The lowest BCUT2D eigenvalue weighted by Gasteiger charge is -2.33. The zero-order valence-corrected chi connectivity index (χ0v) is 11.6. The normalized spacial score (nSPS) is 16.8. The third-order valence-corrected chi connectivity index (χ3v) is 3.90. The molecule has 20 heavy (non-hydrogen) atoms. The number of nitrogens with two attached hydrogens (primary N) is 1. The Hall–Kier alpha value is -2.08. The van der Waals surface area contributed by atoms with Crippen LogP contribution in [-0.4, -0.2) is 58.6 Å². The molecule has 0 spiro atoms. The maximum atomic E-state index is 12.6. The number of nitrogen functional groups attached to an aromatic ring is 1. The van der Waals surface area contributed by atoms with Gasteiger partial charge in [0.05, 0.1) is 5.52 Å². The van der Waals surface area contributed by atoms with Gasteiger partial charge in [-0.15, -0.1) is 0 Å². The van der Waals surface area contributed by atoms with Crippen molar-refractivity contribution in [3.8, 4) is 0 Å². The minimum absolute atomic E-state index is 0.0161. The third-order valence-electron chi connectivity index (χ3n) is 3.90. The highest BCUT2D eigenvalue weighted by Gasteiger charge is 2.24. The topological polar surface area (TPSA) is 78.2 Å². The first-order valence-electron chi connectivity index (χ1n) is 6.94. The number of piperazine rings is 1. The third kappa shape index (κ3) is 2.22. The summed E-state index contributed by atoms with van der Waals surface area (Å²) in [6, 6.07) is 5.45. The van der Waals surface area contributed by atoms with Crippen molar-refractivity contribution in [2.75, 3.05) is 38.5 Å². The maximum Gasteiger partial charge on any atom is 0.275 e. The lowest BCUT2D eigenvalue weighted by Crippen LogP contribution is -2.48. The molecule has 106 valence electrons. The first-order valence-corrected chi connectivity index (χ1v) is 6.94. The van der Waals surface area contributed by atoms with Crippen LogP contribution in [0.4, 0.5) is 5.69 Å². The van der Waals surface area contributed by atoms with E-state index in [9.17, 15) is 4.79 Å². The van der Waals surface area contributed by atoms with E-state index < -0.39 is 0 Å². The largest absolute Gasteiger partial charge is 0.399 e. The standard InChI is InChI=1S/C14H19N5O/c1-2-18-5-7-19(8-6-18)14(20)13-11-9-10(15)3-4-12(11)16-17-13/h3-4,9H,2,5-8,15H2,1H3,(H,16,17). The van der Waals surface area contributed by atoms with Gasteiger partial charge in [0.25, 0.3) is 5.91 Å². The van der Waals surface area contributed by atoms with Crippen molar-refractivity contribution in [3.05, 3.63) is 23.9 Å². The number of hydrogen-bond acceptors (Lipinski definition) is 4. The molecule has 3 rings (SSSR count). The fourth-order valence-electron chi connectivity index (χ4n) is 2.61. The Morgan fingerprint density at radius 2 is 2.10 bits per heavy atom. The molecule has 0 unspecified atom stereocenters. The van der Waals surface area contributed by atoms with Crippen LogP contribution in [0, 0.1) is 0 Å². The average molecular weight is 273 g/mol. The van der Waals surface area contributed by atoms with Gasteiger partial charge in [0.2, 0.25) is 0 Å². The predicted octanol–water partition coefficient (Wildman–Crippen LogP) is 0.923. The Morgan fingerprint density at radius 1 is 1.35 bits per heavy atom. The van der Waals surface area contributed by atoms with Gasteiger partial charge in [0.15, 0.2) is 5.69 Å². The second-order valence-electron chi connectivity index (χ2n) is 5.10. The SMILES string of the molecule is CCN1CCN(C(=O)c2n[nH]c3ccc(N)cc23)CC1. The number of aromatic nitrogens is 2. The molecule has 1 fully saturated rings. The number of carbonyl (C=O) groups excluding carboxylic acids is 1. The molecule has 0 bridgehead atoms. The van der Waals surface area contributed by atoms with E-state index in [0.29, 0.717) is 11.4 Å². The van der Waals surface area contributed by atoms with E-state index in [-0.39, 0.29) is 5.91 Å². The summed E-state index contributed by atoms with van der Waals surface area (Å²) in [6.07, 6.45) is 0. The predicted molar refractivity (Wildman–Crippen MR) is 78.5 cm³/mol. The van der Waals surface area contributed by atoms with Crippen LogP contribution >= 0.6 is 0 Å². The number of H-pyrrole nitrogens is 1. The highest BCUT2D eigenvalue weighted by Crippen LogP contribution is 2.20. The smallest absolute Gasteiger partial charge is 0.275 e. The second-order valence-corrected chi connectivity index (χ2v) is 5.10. The van der Waals surface area contributed by atoms with E-state index in [2.05, 4.69) is 22.0 Å². The summed E-state index contributed by atoms with van der Waals surface area (Å²) in [5, 5.41) is 7.86. The molecule has 0 radical (unpaired) electrons. The zero-order valence-electron chi connectivity index (χ0n) is 11.6. The number of nitrogens with one attached hydrogen (secondary N) is 1. The summed E-state index contributed by atoms with van der Waals surface area (Å²) in [6.45, 7) is 6.53. The number of aromatic amines is 1. The molecule has 0 aliphatic carbocycles. The molecule has 0 saturated carbocycles. The number of hydrogen-bond donors (Lipinski definition) is 2. The maximum absolute atomic E-state index is 12.6. The van der Waals surface area contributed by atoms with Crippen LogP contribution in [0.5, 0.6) is 0 Å². The Kier molecular flexibility index (Phi) is 3.31. The molecule has 1 aliphatic heterocycles. The van der Waals surface area contributed by atoms with E-state index in [0.717, 1.165) is 43.6 Å². The Morgan fingerprint density at radius 3 is 2.80 bits per heavy atom. The summed E-state index contributed by atoms with van der Waals surface area (Å²) in [4.78, 5) is 16.8. The molecule has 3 N–H and O–H groups in total. The molecule has 6 nitrogen and oxygen atoms in total. The van der Waals surface area contributed by atoms with Crippen molar-refractivity contribution in [3.63, 3.8) is 0 Å². The summed E-state index contributed by atoms with van der Waals surface area (Å²) in [5.74, 6) is -0.0161. The van der Waals surface area contributed by atoms with Gasteiger partial charge in [-0.05, 0) is 24.7 Å². The molecule has 0 atom stereocenters. The quantitative estimate of drug-likeness (QED) is 0.798. The number of carbonyl (C=O) groups is 1. The van der Waals surface area contributed by atoms with Gasteiger partial charge < -0.3 is 15.5 Å². The highest BCUT2D eigenvalue weighted by molar-refractivity contribution is 6.05. The van der Waals surface area contributed by atoms with Crippen LogP contribution in [0.2, 0.25) is 0 Å². The molecule has 2 heterocycles. The van der Waals surface area contributed by atoms with Crippen molar-refractivity contribution >= 4 is 22.5 Å². The fraction of sp³-hybridized carbons (Fsp3) is 0.429. The van der Waals surface area contributed by atoms with Gasteiger partial charge in [-0.2, -0.15) is 5.10 Å². The monoisotopic (exact) mass is 273 g/mol. The van der Waals surface area contributed by atoms with Crippen LogP contribution in [0.1, 0.15) is 17.4 Å². The number of nitrogens with zero attached hydrogens (tertiary/aromatic N) is 3. The Labute approximate surface area is 117 Å². The Balaban J connectivity index is 1.84. The van der Waals surface area contributed by atoms with Gasteiger partial charge in [-0.3, -0.25) is 9.89 Å². The fourth-order valence-corrected chi connectivity index (χ4v) is 2.61. The van der Waals surface area contributed by atoms with E-state index >= 15 is 0 Å². The molecular weight excluding hydrogens is 254 g/mol. The number of fused-ring (bicyclic) bond motifs is 1. The summed E-state index contributed by atoms with van der Waals surface area (Å²) < 4.78 is 0. The van der Waals surface area contributed by atoms with Crippen molar-refractivity contribution in [2.24, 2.45) is 0 Å². The van der Waals surface area contributed by atoms with Gasteiger partial charge >= 0.3 is 0 Å². The number of likely N-dealkylation sites (N-methyl/N-ethyl adjacent to an activating group) is 1. The first kappa shape index (κ1) is 12.9. The van der Waals surface area contributed by atoms with E-state index in [1.807, 2.05) is 11.0 Å². The van der Waals surface area contributed by atoms with Gasteiger partial charge in [-0.25, -0.2) is 0 Å². The second kappa shape index (κ2) is 5.13. The zero-order chi connectivity index (χ0) is 14.1. The minimum Gasteiger partial charge on any atom is -0.399 e. The molecule has 1 saturated heterocycles. The lowest BCUT2D eigenvalue weighted by molar-refractivity contribution is 0.0639. The number of benzene rings is 1. The van der Waals surface area contributed by atoms with Gasteiger partial charge in [0, 0.05) is 37.3 Å². The number of anilines is 1. The molecule has 1 amide bonds. The lowest BCUT2D eigenvalue weighted by atomic mass is 10.1. The minimum atomic E-state index is -0.0161. The summed E-state index contributed by atoms with van der Waals surface area (Å²) in [7, 11) is 0. The molecule has 2 aromatic rings. The van der Waals surface area contributed by atoms with Crippen LogP contribution < -0.4 is 5.73 Å². The molecule has 6 heteroatoms. The highest BCUT2D eigenvalue weighted by atomic mass is 16.2. The van der Waals surface area contributed by atoms with Crippen LogP contribution in [0.25, 0.3) is 10.9 Å². The van der Waals surface area contributed by atoms with E-state index in [1.165, 1.54) is 0 Å².